The van der Waals surface area contributed by atoms with Gasteiger partial charge in [0.25, 0.3) is 10.0 Å². The van der Waals surface area contributed by atoms with Gasteiger partial charge in [0.1, 0.15) is 0 Å². The minimum absolute atomic E-state index is 0.140. The molecular formula is C15H19NO3S. The van der Waals surface area contributed by atoms with E-state index in [4.69, 9.17) is 0 Å². The zero-order chi connectivity index (χ0) is 15.1. The Kier molecular flexibility index (Phi) is 3.50. The fourth-order valence-corrected chi connectivity index (χ4v) is 4.28. The topological polar surface area (TPSA) is 54.5 Å². The lowest BCUT2D eigenvalue weighted by Gasteiger charge is -2.29. The lowest BCUT2D eigenvalue weighted by atomic mass is 9.85. The molecule has 4 nitrogen and oxygen atoms in total. The molecule has 1 amide bonds. The lowest BCUT2D eigenvalue weighted by Crippen LogP contribution is -2.41. The summed E-state index contributed by atoms with van der Waals surface area (Å²) < 4.78 is 26.3. The van der Waals surface area contributed by atoms with E-state index < -0.39 is 21.5 Å². The van der Waals surface area contributed by atoms with E-state index in [1.54, 1.807) is 12.1 Å². The van der Waals surface area contributed by atoms with Gasteiger partial charge in [-0.2, -0.15) is 0 Å². The number of carbonyl (C=O) groups excluding carboxylic acids is 1. The van der Waals surface area contributed by atoms with Crippen molar-refractivity contribution in [1.82, 2.24) is 4.31 Å². The molecule has 0 saturated carbocycles. The third-order valence-electron chi connectivity index (χ3n) is 3.71. The molecule has 5 heteroatoms. The summed E-state index contributed by atoms with van der Waals surface area (Å²) in [4.78, 5) is 12.3. The maximum atomic E-state index is 12.7. The van der Waals surface area contributed by atoms with Crippen molar-refractivity contribution in [2.24, 2.45) is 5.41 Å². The molecule has 1 unspecified atom stereocenters. The van der Waals surface area contributed by atoms with Crippen LogP contribution in [-0.2, 0) is 14.8 Å². The van der Waals surface area contributed by atoms with Crippen LogP contribution in [0, 0.1) is 12.3 Å². The maximum absolute atomic E-state index is 12.7. The zero-order valence-electron chi connectivity index (χ0n) is 12.0. The molecule has 1 aliphatic rings. The van der Waals surface area contributed by atoms with Gasteiger partial charge < -0.3 is 0 Å². The smallest absolute Gasteiger partial charge is 0.267 e. The molecular weight excluding hydrogens is 274 g/mol. The number of benzene rings is 1. The Morgan fingerprint density at radius 1 is 1.30 bits per heavy atom. The summed E-state index contributed by atoms with van der Waals surface area (Å²) in [6.07, 6.45) is 1.74. The average Bonchev–Trinajstić information content (AvgIpc) is 2.58. The van der Waals surface area contributed by atoms with Crippen molar-refractivity contribution < 1.29 is 13.2 Å². The Hall–Kier alpha value is -1.62. The Labute approximate surface area is 120 Å². The largest absolute Gasteiger partial charge is 0.274 e. The highest BCUT2D eigenvalue weighted by molar-refractivity contribution is 7.89. The molecule has 1 saturated heterocycles. The molecule has 1 aromatic rings. The van der Waals surface area contributed by atoms with Crippen molar-refractivity contribution in [1.29, 1.82) is 0 Å². The summed E-state index contributed by atoms with van der Waals surface area (Å²) in [6.45, 7) is 9.32. The summed E-state index contributed by atoms with van der Waals surface area (Å²) >= 11 is 0. The van der Waals surface area contributed by atoms with Crippen LogP contribution >= 0.6 is 0 Å². The molecule has 1 fully saturated rings. The monoisotopic (exact) mass is 293 g/mol. The van der Waals surface area contributed by atoms with E-state index in [0.717, 1.165) is 9.87 Å². The van der Waals surface area contributed by atoms with Gasteiger partial charge in [0, 0.05) is 6.42 Å². The number of aryl methyl sites for hydroxylation is 1. The molecule has 1 atom stereocenters. The van der Waals surface area contributed by atoms with Crippen LogP contribution in [0.15, 0.2) is 41.8 Å². The van der Waals surface area contributed by atoms with Gasteiger partial charge in [-0.1, -0.05) is 37.6 Å². The maximum Gasteiger partial charge on any atom is 0.267 e. The number of rotatable bonds is 3. The number of amides is 1. The standard InChI is InChI=1S/C15H19NO3S/c1-5-13-15(3,4)10-14(17)16(13)20(18,19)12-8-6-11(2)7-9-12/h5-9,13H,1,10H2,2-4H3. The number of hydrogen-bond donors (Lipinski definition) is 0. The summed E-state index contributed by atoms with van der Waals surface area (Å²) in [5.74, 6) is -0.375. The van der Waals surface area contributed by atoms with Crippen molar-refractivity contribution in [3.63, 3.8) is 0 Å². The van der Waals surface area contributed by atoms with Crippen LogP contribution in [0.25, 0.3) is 0 Å². The first kappa shape index (κ1) is 14.8. The van der Waals surface area contributed by atoms with E-state index in [1.807, 2.05) is 20.8 Å². The van der Waals surface area contributed by atoms with Gasteiger partial charge in [-0.25, -0.2) is 12.7 Å². The SMILES string of the molecule is C=CC1N(S(=O)(=O)c2ccc(C)cc2)C(=O)CC1(C)C. The highest BCUT2D eigenvalue weighted by Crippen LogP contribution is 2.40. The van der Waals surface area contributed by atoms with Gasteiger partial charge in [0.05, 0.1) is 10.9 Å². The molecule has 2 rings (SSSR count). The Morgan fingerprint density at radius 2 is 1.85 bits per heavy atom. The van der Waals surface area contributed by atoms with Crippen LogP contribution in [0.1, 0.15) is 25.8 Å². The number of nitrogens with zero attached hydrogens (tertiary/aromatic N) is 1. The molecule has 0 radical (unpaired) electrons. The number of carbonyl (C=O) groups is 1. The highest BCUT2D eigenvalue weighted by atomic mass is 32.2. The fourth-order valence-electron chi connectivity index (χ4n) is 2.57. The molecule has 0 spiro atoms. The van der Waals surface area contributed by atoms with Crippen LogP contribution in [0.3, 0.4) is 0 Å². The third-order valence-corrected chi connectivity index (χ3v) is 5.52. The first-order valence-electron chi connectivity index (χ1n) is 6.46. The first-order valence-corrected chi connectivity index (χ1v) is 7.90. The van der Waals surface area contributed by atoms with Gasteiger partial charge in [0.15, 0.2) is 0 Å². The van der Waals surface area contributed by atoms with Crippen molar-refractivity contribution in [3.8, 4) is 0 Å². The zero-order valence-corrected chi connectivity index (χ0v) is 12.8. The van der Waals surface area contributed by atoms with E-state index >= 15 is 0 Å². The van der Waals surface area contributed by atoms with Crippen LogP contribution in [0.4, 0.5) is 0 Å². The Morgan fingerprint density at radius 3 is 2.35 bits per heavy atom. The molecule has 0 bridgehead atoms. The summed E-state index contributed by atoms with van der Waals surface area (Å²) in [7, 11) is -3.82. The highest BCUT2D eigenvalue weighted by Gasteiger charge is 2.49. The molecule has 1 heterocycles. The first-order chi connectivity index (χ1) is 9.20. The number of hydrogen-bond acceptors (Lipinski definition) is 3. The molecule has 20 heavy (non-hydrogen) atoms. The van der Waals surface area contributed by atoms with Crippen molar-refractivity contribution in [3.05, 3.63) is 42.5 Å². The van der Waals surface area contributed by atoms with Crippen molar-refractivity contribution in [2.45, 2.75) is 38.1 Å². The minimum atomic E-state index is -3.82. The minimum Gasteiger partial charge on any atom is -0.274 e. The van der Waals surface area contributed by atoms with Gasteiger partial charge in [-0.05, 0) is 24.5 Å². The normalized spacial score (nSPS) is 22.1. The van der Waals surface area contributed by atoms with Crippen LogP contribution in [0.5, 0.6) is 0 Å². The molecule has 1 aliphatic heterocycles. The molecule has 0 aromatic heterocycles. The quantitative estimate of drug-likeness (QED) is 0.805. The second-order valence-electron chi connectivity index (χ2n) is 5.85. The van der Waals surface area contributed by atoms with E-state index in [-0.39, 0.29) is 17.2 Å². The van der Waals surface area contributed by atoms with Crippen LogP contribution in [0.2, 0.25) is 0 Å². The van der Waals surface area contributed by atoms with Crippen molar-refractivity contribution >= 4 is 15.9 Å². The van der Waals surface area contributed by atoms with E-state index in [0.29, 0.717) is 0 Å². The third kappa shape index (κ3) is 2.26. The lowest BCUT2D eigenvalue weighted by molar-refractivity contribution is -0.124. The predicted molar refractivity (Wildman–Crippen MR) is 77.6 cm³/mol. The number of sulfonamides is 1. The van der Waals surface area contributed by atoms with Gasteiger partial charge >= 0.3 is 0 Å². The van der Waals surface area contributed by atoms with E-state index in [1.165, 1.54) is 18.2 Å². The van der Waals surface area contributed by atoms with E-state index in [9.17, 15) is 13.2 Å². The molecule has 108 valence electrons. The summed E-state index contributed by atoms with van der Waals surface area (Å²) in [5.41, 5.74) is 0.536. The summed E-state index contributed by atoms with van der Waals surface area (Å²) in [5, 5.41) is 0. The molecule has 1 aromatic carbocycles. The summed E-state index contributed by atoms with van der Waals surface area (Å²) in [6, 6.07) is 6.00. The Balaban J connectivity index is 2.51. The molecule has 0 N–H and O–H groups in total. The van der Waals surface area contributed by atoms with E-state index in [2.05, 4.69) is 6.58 Å². The van der Waals surface area contributed by atoms with Gasteiger partial charge in [0.2, 0.25) is 5.91 Å². The predicted octanol–water partition coefficient (Wildman–Crippen LogP) is 2.50. The van der Waals surface area contributed by atoms with Gasteiger partial charge in [-0.3, -0.25) is 4.79 Å². The van der Waals surface area contributed by atoms with Crippen LogP contribution < -0.4 is 0 Å². The molecule has 0 aliphatic carbocycles. The van der Waals surface area contributed by atoms with Crippen molar-refractivity contribution in [2.75, 3.05) is 0 Å². The second-order valence-corrected chi connectivity index (χ2v) is 7.67. The van der Waals surface area contributed by atoms with Gasteiger partial charge in [-0.15, -0.1) is 6.58 Å². The fraction of sp³-hybridized carbons (Fsp3) is 0.400. The second kappa shape index (κ2) is 4.74. The average molecular weight is 293 g/mol. The Bertz CT molecular complexity index is 644. The van der Waals surface area contributed by atoms with Crippen LogP contribution in [-0.4, -0.2) is 24.7 Å².